The largest absolute Gasteiger partial charge is 0.474 e. The van der Waals surface area contributed by atoms with E-state index in [4.69, 9.17) is 9.15 Å². The minimum Gasteiger partial charge on any atom is -0.474 e. The van der Waals surface area contributed by atoms with Crippen molar-refractivity contribution in [3.05, 3.63) is 41.5 Å². The molecule has 2 amide bonds. The number of aromatic nitrogens is 5. The summed E-state index contributed by atoms with van der Waals surface area (Å²) in [5, 5.41) is 14.3. The number of thiazole rings is 1. The summed E-state index contributed by atoms with van der Waals surface area (Å²) >= 11 is 0.827. The molecule has 0 saturated carbocycles. The zero-order chi connectivity index (χ0) is 32.7. The number of amides is 2. The lowest BCUT2D eigenvalue weighted by Gasteiger charge is -2.53. The number of urea groups is 1. The van der Waals surface area contributed by atoms with Gasteiger partial charge >= 0.3 is 12.2 Å². The number of hydrogen-bond acceptors (Lipinski definition) is 10. The summed E-state index contributed by atoms with van der Waals surface area (Å²) in [5.41, 5.74) is 0.229. The highest BCUT2D eigenvalue weighted by atomic mass is 32.1. The van der Waals surface area contributed by atoms with Crippen LogP contribution in [0, 0.1) is 6.92 Å². The van der Waals surface area contributed by atoms with E-state index in [1.54, 1.807) is 26.1 Å². The van der Waals surface area contributed by atoms with E-state index in [-0.39, 0.29) is 39.8 Å². The second-order valence-corrected chi connectivity index (χ2v) is 13.0. The molecule has 0 bridgehead atoms. The molecule has 45 heavy (non-hydrogen) atoms. The first-order valence-electron chi connectivity index (χ1n) is 14.4. The highest BCUT2D eigenvalue weighted by Gasteiger charge is 2.44. The molecule has 4 aromatic heterocycles. The van der Waals surface area contributed by atoms with Crippen LogP contribution < -0.4 is 15.4 Å². The van der Waals surface area contributed by atoms with Crippen molar-refractivity contribution < 1.29 is 27.1 Å². The number of pyridine rings is 2. The minimum absolute atomic E-state index is 0.0743. The molecule has 15 heteroatoms. The number of ether oxygens (including phenoxy) is 1. The Kier molecular flexibility index (Phi) is 8.61. The minimum atomic E-state index is -4.64. The number of hydrogen-bond donors (Lipinski definition) is 2. The number of carbonyl (C=O) groups is 1. The van der Waals surface area contributed by atoms with Crippen molar-refractivity contribution in [1.82, 2.24) is 35.4 Å². The Hall–Kier alpha value is -4.11. The Bertz CT molecular complexity index is 1680. The number of anilines is 1. The number of carbonyl (C=O) groups excluding carboxylic acids is 1. The summed E-state index contributed by atoms with van der Waals surface area (Å²) in [6, 6.07) is 2.71. The monoisotopic (exact) mass is 644 g/mol. The second-order valence-electron chi connectivity index (χ2n) is 12.2. The highest BCUT2D eigenvalue weighted by Crippen LogP contribution is 2.44. The fourth-order valence-corrected chi connectivity index (χ4v) is 6.41. The topological polar surface area (TPSA) is 131 Å². The van der Waals surface area contributed by atoms with Crippen molar-refractivity contribution in [3.8, 4) is 39.0 Å². The molecular weight excluding hydrogens is 609 g/mol. The van der Waals surface area contributed by atoms with Crippen molar-refractivity contribution in [2.75, 3.05) is 18.9 Å². The zero-order valence-electron chi connectivity index (χ0n) is 26.0. The van der Waals surface area contributed by atoms with E-state index in [0.717, 1.165) is 16.7 Å². The summed E-state index contributed by atoms with van der Waals surface area (Å²) in [6.45, 7) is 12.4. The van der Waals surface area contributed by atoms with Crippen LogP contribution in [0.3, 0.4) is 0 Å². The van der Waals surface area contributed by atoms with Gasteiger partial charge in [0.25, 0.3) is 0 Å². The molecule has 0 spiro atoms. The lowest BCUT2D eigenvalue weighted by molar-refractivity contribution is -0.140. The molecule has 0 unspecified atom stereocenters. The SMILES string of the molecule is CCNC(=O)Nc1cc(-c2nc(C(F)(F)F)cs2)c(-c2cc(-c3nnc(C)o3)cnc2OC2CC(C)(C)N(C)C(C)(C)C2)cn1. The van der Waals surface area contributed by atoms with Gasteiger partial charge in [0.2, 0.25) is 17.7 Å². The van der Waals surface area contributed by atoms with E-state index in [0.29, 0.717) is 47.5 Å². The molecule has 240 valence electrons. The fraction of sp³-hybridized carbons (Fsp3) is 0.467. The number of halogens is 3. The second kappa shape index (κ2) is 12.0. The lowest BCUT2D eigenvalue weighted by Crippen LogP contribution is -2.60. The molecule has 0 radical (unpaired) electrons. The van der Waals surface area contributed by atoms with Crippen LogP contribution in [0.5, 0.6) is 5.88 Å². The Morgan fingerprint density at radius 3 is 2.40 bits per heavy atom. The van der Waals surface area contributed by atoms with E-state index < -0.39 is 17.9 Å². The van der Waals surface area contributed by atoms with Crippen molar-refractivity contribution in [2.24, 2.45) is 0 Å². The number of rotatable bonds is 7. The average Bonchev–Trinajstić information content (AvgIpc) is 3.62. The maximum absolute atomic E-state index is 13.6. The number of likely N-dealkylation sites (tertiary alicyclic amines) is 1. The molecule has 1 fully saturated rings. The van der Waals surface area contributed by atoms with Gasteiger partial charge in [-0.05, 0) is 53.8 Å². The number of alkyl halides is 3. The third-order valence-electron chi connectivity index (χ3n) is 7.97. The molecule has 4 aromatic rings. The maximum atomic E-state index is 13.6. The van der Waals surface area contributed by atoms with Gasteiger partial charge in [-0.3, -0.25) is 10.2 Å². The van der Waals surface area contributed by atoms with Crippen LogP contribution in [-0.4, -0.2) is 66.9 Å². The average molecular weight is 645 g/mol. The zero-order valence-corrected chi connectivity index (χ0v) is 26.9. The fourth-order valence-electron chi connectivity index (χ4n) is 5.55. The van der Waals surface area contributed by atoms with Gasteiger partial charge in [0.05, 0.1) is 5.56 Å². The van der Waals surface area contributed by atoms with E-state index in [9.17, 15) is 18.0 Å². The van der Waals surface area contributed by atoms with Crippen molar-refractivity contribution in [2.45, 2.75) is 77.7 Å². The summed E-state index contributed by atoms with van der Waals surface area (Å²) in [6.07, 6.45) is -0.424. The van der Waals surface area contributed by atoms with E-state index in [2.05, 4.69) is 75.4 Å². The molecule has 5 rings (SSSR count). The van der Waals surface area contributed by atoms with Gasteiger partial charge in [-0.25, -0.2) is 19.7 Å². The maximum Gasteiger partial charge on any atom is 0.434 e. The van der Waals surface area contributed by atoms with Gasteiger partial charge in [-0.1, -0.05) is 0 Å². The third-order valence-corrected chi connectivity index (χ3v) is 8.85. The first-order valence-corrected chi connectivity index (χ1v) is 15.2. The summed E-state index contributed by atoms with van der Waals surface area (Å²) < 4.78 is 53.1. The molecule has 5 heterocycles. The number of piperidine rings is 1. The lowest BCUT2D eigenvalue weighted by atomic mass is 9.78. The first-order chi connectivity index (χ1) is 21.1. The smallest absolute Gasteiger partial charge is 0.434 e. The van der Waals surface area contributed by atoms with Gasteiger partial charge in [0.15, 0.2) is 5.69 Å². The molecule has 1 aliphatic heterocycles. The quantitative estimate of drug-likeness (QED) is 0.223. The molecule has 2 N–H and O–H groups in total. The number of aryl methyl sites for hydroxylation is 1. The Morgan fingerprint density at radius 1 is 1.09 bits per heavy atom. The van der Waals surface area contributed by atoms with Gasteiger partial charge < -0.3 is 14.5 Å². The van der Waals surface area contributed by atoms with Crippen LogP contribution in [0.25, 0.3) is 33.2 Å². The van der Waals surface area contributed by atoms with Crippen LogP contribution in [0.4, 0.5) is 23.8 Å². The molecule has 0 aliphatic carbocycles. The predicted molar refractivity (Wildman–Crippen MR) is 164 cm³/mol. The number of nitrogens with zero attached hydrogens (tertiary/aromatic N) is 6. The molecule has 0 aromatic carbocycles. The summed E-state index contributed by atoms with van der Waals surface area (Å²) in [7, 11) is 2.10. The van der Waals surface area contributed by atoms with Gasteiger partial charge in [-0.2, -0.15) is 13.2 Å². The van der Waals surface area contributed by atoms with Crippen molar-refractivity contribution >= 4 is 23.2 Å². The summed E-state index contributed by atoms with van der Waals surface area (Å²) in [4.78, 5) is 27.6. The van der Waals surface area contributed by atoms with Crippen LogP contribution in [0.2, 0.25) is 0 Å². The van der Waals surface area contributed by atoms with E-state index in [1.807, 2.05) is 0 Å². The normalized spacial score (nSPS) is 16.8. The Labute approximate surface area is 262 Å². The van der Waals surface area contributed by atoms with Gasteiger partial charge in [0, 0.05) is 71.9 Å². The Balaban J connectivity index is 1.66. The molecule has 1 aliphatic rings. The standard InChI is InChI=1S/C30H35F3N8O3S/c1-8-34-27(42)38-23-10-20(26-37-22(15-45-26)30(31,32)33)21(14-35-23)19-9-17(24-40-39-16(2)43-24)13-36-25(19)44-18-11-28(3,4)41(7)29(5,6)12-18/h9-10,13-15,18H,8,11-12H2,1-7H3,(H2,34,35,38,42). The number of nitrogens with one attached hydrogen (secondary N) is 2. The highest BCUT2D eigenvalue weighted by molar-refractivity contribution is 7.13. The molecule has 1 saturated heterocycles. The van der Waals surface area contributed by atoms with Crippen molar-refractivity contribution in [3.63, 3.8) is 0 Å². The molecular formula is C30H35F3N8O3S. The van der Waals surface area contributed by atoms with Crippen LogP contribution >= 0.6 is 11.3 Å². The van der Waals surface area contributed by atoms with E-state index >= 15 is 0 Å². The first kappa shape index (κ1) is 32.3. The van der Waals surface area contributed by atoms with Crippen LogP contribution in [-0.2, 0) is 6.18 Å². The molecule has 11 nitrogen and oxygen atoms in total. The molecule has 0 atom stereocenters. The summed E-state index contributed by atoms with van der Waals surface area (Å²) in [5.74, 6) is 0.956. The Morgan fingerprint density at radius 2 is 1.80 bits per heavy atom. The van der Waals surface area contributed by atoms with Crippen LogP contribution in [0.15, 0.2) is 34.3 Å². The third kappa shape index (κ3) is 6.93. The van der Waals surface area contributed by atoms with E-state index in [1.165, 1.54) is 12.3 Å². The van der Waals surface area contributed by atoms with Gasteiger partial charge in [0.1, 0.15) is 16.9 Å². The van der Waals surface area contributed by atoms with Crippen molar-refractivity contribution in [1.29, 1.82) is 0 Å². The van der Waals surface area contributed by atoms with Crippen LogP contribution in [0.1, 0.15) is 59.0 Å². The predicted octanol–water partition coefficient (Wildman–Crippen LogP) is 6.82. The van der Waals surface area contributed by atoms with Gasteiger partial charge in [-0.15, -0.1) is 21.5 Å².